The van der Waals surface area contributed by atoms with Crippen molar-refractivity contribution in [2.24, 2.45) is 5.41 Å². The molecule has 2 N–H and O–H groups in total. The molecule has 1 saturated carbocycles. The van der Waals surface area contributed by atoms with Gasteiger partial charge >= 0.3 is 0 Å². The van der Waals surface area contributed by atoms with Gasteiger partial charge in [-0.05, 0) is 79.8 Å². The smallest absolute Gasteiger partial charge is 0.255 e. The number of fused-ring (bicyclic) bond motifs is 2. The van der Waals surface area contributed by atoms with E-state index in [2.05, 4.69) is 35.4 Å². The molecular formula is C29H32N4O2. The molecule has 1 atom stereocenters. The van der Waals surface area contributed by atoms with Gasteiger partial charge in [-0.15, -0.1) is 0 Å². The number of carbonyl (C=O) groups excluding carboxylic acids is 2. The third kappa shape index (κ3) is 4.05. The second-order valence-corrected chi connectivity index (χ2v) is 11.2. The van der Waals surface area contributed by atoms with E-state index in [1.54, 1.807) is 0 Å². The number of hydrogen-bond acceptors (Lipinski definition) is 3. The Morgan fingerprint density at radius 1 is 1.20 bits per heavy atom. The van der Waals surface area contributed by atoms with Crippen LogP contribution in [0.15, 0.2) is 42.5 Å². The van der Waals surface area contributed by atoms with E-state index in [-0.39, 0.29) is 17.9 Å². The third-order valence-electron chi connectivity index (χ3n) is 7.88. The van der Waals surface area contributed by atoms with E-state index in [0.29, 0.717) is 23.6 Å². The Bertz CT molecular complexity index is 1330. The molecule has 2 amide bonds. The molecule has 0 radical (unpaired) electrons. The van der Waals surface area contributed by atoms with Gasteiger partial charge in [0.25, 0.3) is 11.8 Å². The van der Waals surface area contributed by atoms with Crippen LogP contribution in [0, 0.1) is 5.41 Å². The molecule has 1 aromatic heterocycles. The molecule has 2 aromatic carbocycles. The van der Waals surface area contributed by atoms with E-state index in [0.717, 1.165) is 60.1 Å². The van der Waals surface area contributed by atoms with Crippen molar-refractivity contribution in [2.75, 3.05) is 0 Å². The van der Waals surface area contributed by atoms with Crippen molar-refractivity contribution in [3.05, 3.63) is 76.0 Å². The van der Waals surface area contributed by atoms with Gasteiger partial charge in [0, 0.05) is 40.5 Å². The fourth-order valence-electron chi connectivity index (χ4n) is 5.51. The Morgan fingerprint density at radius 3 is 2.83 bits per heavy atom. The van der Waals surface area contributed by atoms with E-state index >= 15 is 0 Å². The summed E-state index contributed by atoms with van der Waals surface area (Å²) in [6, 6.07) is 14.0. The van der Waals surface area contributed by atoms with E-state index in [9.17, 15) is 9.59 Å². The molecule has 3 aliphatic rings. The van der Waals surface area contributed by atoms with Crippen LogP contribution in [-0.2, 0) is 19.4 Å². The minimum Gasteiger partial charge on any atom is -0.349 e. The van der Waals surface area contributed by atoms with Crippen LogP contribution in [0.1, 0.15) is 89.2 Å². The molecule has 0 spiro atoms. The summed E-state index contributed by atoms with van der Waals surface area (Å²) in [7, 11) is 0. The predicted molar refractivity (Wildman–Crippen MR) is 135 cm³/mol. The average Bonchev–Trinajstić information content (AvgIpc) is 3.47. The molecule has 1 fully saturated rings. The number of hydrogen-bond donors (Lipinski definition) is 2. The Balaban J connectivity index is 1.24. The zero-order chi connectivity index (χ0) is 24.3. The molecule has 6 rings (SSSR count). The van der Waals surface area contributed by atoms with Crippen LogP contribution in [0.25, 0.3) is 11.3 Å². The van der Waals surface area contributed by atoms with Crippen molar-refractivity contribution in [3.8, 4) is 11.3 Å². The van der Waals surface area contributed by atoms with Gasteiger partial charge in [0.2, 0.25) is 0 Å². The zero-order valence-electron chi connectivity index (χ0n) is 20.6. The minimum atomic E-state index is -0.132. The first-order chi connectivity index (χ1) is 16.8. The molecule has 0 bridgehead atoms. The second-order valence-electron chi connectivity index (χ2n) is 11.2. The van der Waals surface area contributed by atoms with Crippen LogP contribution in [0.5, 0.6) is 0 Å². The second kappa shape index (κ2) is 8.08. The molecule has 0 unspecified atom stereocenters. The maximum Gasteiger partial charge on any atom is 0.255 e. The highest BCUT2D eigenvalue weighted by Crippen LogP contribution is 2.39. The highest BCUT2D eigenvalue weighted by Gasteiger charge is 2.33. The van der Waals surface area contributed by atoms with Crippen molar-refractivity contribution in [1.29, 1.82) is 0 Å². The van der Waals surface area contributed by atoms with E-state index in [1.807, 2.05) is 48.2 Å². The van der Waals surface area contributed by atoms with Crippen molar-refractivity contribution in [3.63, 3.8) is 0 Å². The van der Waals surface area contributed by atoms with Gasteiger partial charge in [-0.25, -0.2) is 0 Å². The average molecular weight is 469 g/mol. The van der Waals surface area contributed by atoms with E-state index < -0.39 is 0 Å². The fraction of sp³-hybridized carbons (Fsp3) is 0.414. The first kappa shape index (κ1) is 22.1. The Labute approximate surface area is 206 Å². The van der Waals surface area contributed by atoms with Gasteiger partial charge in [-0.3, -0.25) is 14.7 Å². The summed E-state index contributed by atoms with van der Waals surface area (Å²) in [5, 5.41) is 11.0. The Morgan fingerprint density at radius 2 is 2.03 bits per heavy atom. The number of carbonyl (C=O) groups is 2. The van der Waals surface area contributed by atoms with E-state index in [1.165, 1.54) is 11.3 Å². The SMILES string of the molecule is C[C@H](c1cccc(C(=O)NC2CC2)c1)N1Cc2cc(-c3n[nH]c4c3CCC(C)(C)C4)ccc2C1=O. The van der Waals surface area contributed by atoms with Gasteiger partial charge in [0.15, 0.2) is 0 Å². The normalized spacial score (nSPS) is 19.3. The maximum absolute atomic E-state index is 13.3. The summed E-state index contributed by atoms with van der Waals surface area (Å²) in [5.74, 6) is 0.00522. The van der Waals surface area contributed by atoms with E-state index in [4.69, 9.17) is 0 Å². The molecule has 0 saturated heterocycles. The summed E-state index contributed by atoms with van der Waals surface area (Å²) < 4.78 is 0. The monoisotopic (exact) mass is 468 g/mol. The summed E-state index contributed by atoms with van der Waals surface area (Å²) in [5.41, 5.74) is 8.37. The minimum absolute atomic E-state index is 0.0343. The topological polar surface area (TPSA) is 78.1 Å². The molecule has 2 heterocycles. The largest absolute Gasteiger partial charge is 0.349 e. The standard InChI is InChI=1S/C29H32N4O2/c1-17(18-5-4-6-20(13-18)27(34)30-22-8-9-22)33-16-21-14-19(7-10-23(21)28(33)35)26-24-11-12-29(2,3)15-25(24)31-32-26/h4-7,10,13-14,17,22H,8-9,11-12,15-16H2,1-3H3,(H,30,34)(H,31,32)/t17-/m1/s1. The van der Waals surface area contributed by atoms with Gasteiger partial charge in [0.05, 0.1) is 11.7 Å². The van der Waals surface area contributed by atoms with Crippen LogP contribution in [0.2, 0.25) is 0 Å². The summed E-state index contributed by atoms with van der Waals surface area (Å²) in [4.78, 5) is 27.7. The van der Waals surface area contributed by atoms with Crippen molar-refractivity contribution in [2.45, 2.75) is 71.5 Å². The number of amides is 2. The van der Waals surface area contributed by atoms with Gasteiger partial charge in [-0.1, -0.05) is 32.0 Å². The fourth-order valence-corrected chi connectivity index (χ4v) is 5.51. The van der Waals surface area contributed by atoms with Crippen LogP contribution in [0.4, 0.5) is 0 Å². The number of rotatable bonds is 5. The molecular weight excluding hydrogens is 436 g/mol. The first-order valence-corrected chi connectivity index (χ1v) is 12.7. The molecule has 1 aliphatic heterocycles. The quantitative estimate of drug-likeness (QED) is 0.540. The molecule has 3 aromatic rings. The number of benzene rings is 2. The number of nitrogens with one attached hydrogen (secondary N) is 2. The highest BCUT2D eigenvalue weighted by molar-refractivity contribution is 5.99. The molecule has 6 heteroatoms. The maximum atomic E-state index is 13.3. The Hall–Kier alpha value is -3.41. The number of aromatic nitrogens is 2. The lowest BCUT2D eigenvalue weighted by Gasteiger charge is -2.29. The van der Waals surface area contributed by atoms with Gasteiger partial charge in [0.1, 0.15) is 0 Å². The van der Waals surface area contributed by atoms with Crippen LogP contribution in [-0.4, -0.2) is 33.0 Å². The summed E-state index contributed by atoms with van der Waals surface area (Å²) in [6.07, 6.45) is 5.31. The van der Waals surface area contributed by atoms with Gasteiger partial charge < -0.3 is 10.2 Å². The number of H-pyrrole nitrogens is 1. The molecule has 35 heavy (non-hydrogen) atoms. The molecule has 2 aliphatic carbocycles. The predicted octanol–water partition coefficient (Wildman–Crippen LogP) is 5.20. The first-order valence-electron chi connectivity index (χ1n) is 12.7. The highest BCUT2D eigenvalue weighted by atomic mass is 16.2. The van der Waals surface area contributed by atoms with Crippen molar-refractivity contribution in [1.82, 2.24) is 20.4 Å². The lowest BCUT2D eigenvalue weighted by molar-refractivity contribution is 0.0716. The number of nitrogens with zero attached hydrogens (tertiary/aromatic N) is 2. The molecule has 6 nitrogen and oxygen atoms in total. The lowest BCUT2D eigenvalue weighted by Crippen LogP contribution is -2.28. The Kier molecular flexibility index (Phi) is 5.09. The summed E-state index contributed by atoms with van der Waals surface area (Å²) in [6.45, 7) is 7.21. The van der Waals surface area contributed by atoms with Crippen molar-refractivity contribution >= 4 is 11.8 Å². The van der Waals surface area contributed by atoms with Crippen LogP contribution < -0.4 is 5.32 Å². The van der Waals surface area contributed by atoms with Crippen molar-refractivity contribution < 1.29 is 9.59 Å². The van der Waals surface area contributed by atoms with Gasteiger partial charge in [-0.2, -0.15) is 5.10 Å². The van der Waals surface area contributed by atoms with Crippen LogP contribution >= 0.6 is 0 Å². The summed E-state index contributed by atoms with van der Waals surface area (Å²) >= 11 is 0. The number of aromatic amines is 1. The molecule has 180 valence electrons. The van der Waals surface area contributed by atoms with Crippen LogP contribution in [0.3, 0.4) is 0 Å². The lowest BCUT2D eigenvalue weighted by atomic mass is 9.76. The third-order valence-corrected chi connectivity index (χ3v) is 7.88. The zero-order valence-corrected chi connectivity index (χ0v) is 20.6.